The molecule has 98 valence electrons. The second-order valence-electron chi connectivity index (χ2n) is 4.44. The highest BCUT2D eigenvalue weighted by Gasteiger charge is 2.21. The molecule has 1 unspecified atom stereocenters. The quantitative estimate of drug-likeness (QED) is 0.868. The van der Waals surface area contributed by atoms with Gasteiger partial charge in [0.15, 0.2) is 0 Å². The van der Waals surface area contributed by atoms with Crippen LogP contribution in [0.25, 0.3) is 0 Å². The first-order valence-electron chi connectivity index (χ1n) is 6.17. The fraction of sp³-hybridized carbons (Fsp3) is 0.462. The van der Waals surface area contributed by atoms with Gasteiger partial charge in [0.1, 0.15) is 5.82 Å². The first-order valence-corrected chi connectivity index (χ1v) is 6.54. The van der Waals surface area contributed by atoms with Gasteiger partial charge < -0.3 is 10.6 Å². The van der Waals surface area contributed by atoms with E-state index in [1.54, 1.807) is 6.07 Å². The summed E-state index contributed by atoms with van der Waals surface area (Å²) >= 11 is 5.87. The highest BCUT2D eigenvalue weighted by molar-refractivity contribution is 6.33. The van der Waals surface area contributed by atoms with E-state index in [4.69, 9.17) is 11.6 Å². The van der Waals surface area contributed by atoms with Crippen LogP contribution in [0.1, 0.15) is 25.7 Å². The third kappa shape index (κ3) is 3.21. The molecule has 1 aromatic rings. The lowest BCUT2D eigenvalue weighted by atomic mass is 10.1. The van der Waals surface area contributed by atoms with Gasteiger partial charge in [-0.25, -0.2) is 4.39 Å². The molecule has 0 spiro atoms. The Morgan fingerprint density at radius 2 is 2.22 bits per heavy atom. The number of amides is 1. The van der Waals surface area contributed by atoms with Crippen LogP contribution in [0.15, 0.2) is 18.2 Å². The van der Waals surface area contributed by atoms with Crippen LogP contribution in [0, 0.1) is 5.82 Å². The highest BCUT2D eigenvalue weighted by Crippen LogP contribution is 2.25. The van der Waals surface area contributed by atoms with E-state index in [2.05, 4.69) is 10.6 Å². The molecule has 1 heterocycles. The van der Waals surface area contributed by atoms with Crippen molar-refractivity contribution in [2.24, 2.45) is 0 Å². The Bertz CT molecular complexity index is 411. The number of rotatable bonds is 2. The summed E-state index contributed by atoms with van der Waals surface area (Å²) in [5.41, 5.74) is 0.0650. The Morgan fingerprint density at radius 3 is 3.00 bits per heavy atom. The summed E-state index contributed by atoms with van der Waals surface area (Å²) in [6, 6.07) is 4.09. The first-order chi connectivity index (χ1) is 8.68. The van der Waals surface area contributed by atoms with E-state index in [-0.39, 0.29) is 22.7 Å². The summed E-state index contributed by atoms with van der Waals surface area (Å²) in [5.74, 6) is -0.728. The molecule has 0 radical (unpaired) electrons. The summed E-state index contributed by atoms with van der Waals surface area (Å²) in [4.78, 5) is 12.0. The second-order valence-corrected chi connectivity index (χ2v) is 4.85. The molecule has 0 aromatic heterocycles. The van der Waals surface area contributed by atoms with Crippen LogP contribution in [0.4, 0.5) is 10.1 Å². The number of hydrogen-bond acceptors (Lipinski definition) is 2. The minimum atomic E-state index is -0.510. The molecule has 1 saturated heterocycles. The predicted octanol–water partition coefficient (Wildman–Crippen LogP) is 2.95. The van der Waals surface area contributed by atoms with Gasteiger partial charge in [0.25, 0.3) is 0 Å². The SMILES string of the molecule is O=C(Nc1c(F)cccc1Cl)C1CCCCCN1. The van der Waals surface area contributed by atoms with Crippen molar-refractivity contribution in [2.45, 2.75) is 31.7 Å². The average Bonchev–Trinajstić information content (AvgIpc) is 2.62. The zero-order valence-corrected chi connectivity index (χ0v) is 10.8. The largest absolute Gasteiger partial charge is 0.321 e. The first kappa shape index (κ1) is 13.3. The van der Waals surface area contributed by atoms with Gasteiger partial charge in [0.2, 0.25) is 5.91 Å². The van der Waals surface area contributed by atoms with Crippen molar-refractivity contribution in [3.05, 3.63) is 29.0 Å². The van der Waals surface area contributed by atoms with Gasteiger partial charge in [-0.3, -0.25) is 4.79 Å². The highest BCUT2D eigenvalue weighted by atomic mass is 35.5. The maximum Gasteiger partial charge on any atom is 0.241 e. The van der Waals surface area contributed by atoms with Crippen molar-refractivity contribution in [1.29, 1.82) is 0 Å². The summed E-state index contributed by atoms with van der Waals surface area (Å²) < 4.78 is 13.5. The number of nitrogens with one attached hydrogen (secondary N) is 2. The van der Waals surface area contributed by atoms with E-state index < -0.39 is 5.82 Å². The molecule has 2 N–H and O–H groups in total. The van der Waals surface area contributed by atoms with Crippen molar-refractivity contribution < 1.29 is 9.18 Å². The Balaban J connectivity index is 2.06. The van der Waals surface area contributed by atoms with Crippen LogP contribution in [0.3, 0.4) is 0 Å². The maximum atomic E-state index is 13.5. The zero-order valence-electron chi connectivity index (χ0n) is 10.0. The third-order valence-electron chi connectivity index (χ3n) is 3.09. The van der Waals surface area contributed by atoms with Gasteiger partial charge in [-0.05, 0) is 31.5 Å². The molecule has 2 rings (SSSR count). The Morgan fingerprint density at radius 1 is 1.39 bits per heavy atom. The molecule has 1 amide bonds. The van der Waals surface area contributed by atoms with E-state index in [0.717, 1.165) is 32.2 Å². The molecule has 0 bridgehead atoms. The van der Waals surface area contributed by atoms with Gasteiger partial charge in [0.05, 0.1) is 16.8 Å². The molecule has 18 heavy (non-hydrogen) atoms. The van der Waals surface area contributed by atoms with Crippen LogP contribution in [0.5, 0.6) is 0 Å². The van der Waals surface area contributed by atoms with E-state index in [1.165, 1.54) is 12.1 Å². The molecule has 1 aliphatic heterocycles. The van der Waals surface area contributed by atoms with Crippen molar-refractivity contribution in [2.75, 3.05) is 11.9 Å². The predicted molar refractivity (Wildman–Crippen MR) is 70.3 cm³/mol. The summed E-state index contributed by atoms with van der Waals surface area (Å²) in [6.45, 7) is 0.823. The van der Waals surface area contributed by atoms with Crippen molar-refractivity contribution in [1.82, 2.24) is 5.32 Å². The van der Waals surface area contributed by atoms with Crippen molar-refractivity contribution >= 4 is 23.2 Å². The molecular weight excluding hydrogens is 255 g/mol. The Hall–Kier alpha value is -1.13. The smallest absolute Gasteiger partial charge is 0.241 e. The summed E-state index contributed by atoms with van der Waals surface area (Å²) in [6.07, 6.45) is 3.98. The van der Waals surface area contributed by atoms with Gasteiger partial charge in [-0.1, -0.05) is 30.5 Å². The number of carbonyl (C=O) groups is 1. The minimum Gasteiger partial charge on any atom is -0.321 e. The molecule has 0 saturated carbocycles. The normalized spacial score (nSPS) is 20.2. The number of halogens is 2. The van der Waals surface area contributed by atoms with E-state index in [1.807, 2.05) is 0 Å². The number of para-hydroxylation sites is 1. The maximum absolute atomic E-state index is 13.5. The lowest BCUT2D eigenvalue weighted by molar-refractivity contribution is -0.118. The minimum absolute atomic E-state index is 0.0650. The lowest BCUT2D eigenvalue weighted by Gasteiger charge is -2.16. The molecule has 0 aliphatic carbocycles. The summed E-state index contributed by atoms with van der Waals surface area (Å²) in [7, 11) is 0. The number of carbonyl (C=O) groups excluding carboxylic acids is 1. The molecular formula is C13H16ClFN2O. The van der Waals surface area contributed by atoms with E-state index in [0.29, 0.717) is 0 Å². The van der Waals surface area contributed by atoms with Crippen LogP contribution in [0.2, 0.25) is 5.02 Å². The molecule has 1 fully saturated rings. The third-order valence-corrected chi connectivity index (χ3v) is 3.40. The lowest BCUT2D eigenvalue weighted by Crippen LogP contribution is -2.40. The number of anilines is 1. The standard InChI is InChI=1S/C13H16ClFN2O/c14-9-5-4-6-10(15)12(9)17-13(18)11-7-2-1-3-8-16-11/h4-6,11,16H,1-3,7-8H2,(H,17,18). The molecule has 1 aliphatic rings. The van der Waals surface area contributed by atoms with Gasteiger partial charge >= 0.3 is 0 Å². The fourth-order valence-corrected chi connectivity index (χ4v) is 2.29. The number of hydrogen-bond donors (Lipinski definition) is 2. The van der Waals surface area contributed by atoms with Gasteiger partial charge in [-0.15, -0.1) is 0 Å². The van der Waals surface area contributed by atoms with Crippen molar-refractivity contribution in [3.8, 4) is 0 Å². The number of benzene rings is 1. The monoisotopic (exact) mass is 270 g/mol. The molecule has 5 heteroatoms. The van der Waals surface area contributed by atoms with Crippen LogP contribution in [-0.4, -0.2) is 18.5 Å². The van der Waals surface area contributed by atoms with Crippen LogP contribution in [-0.2, 0) is 4.79 Å². The molecule has 3 nitrogen and oxygen atoms in total. The molecule has 1 atom stereocenters. The van der Waals surface area contributed by atoms with Crippen LogP contribution < -0.4 is 10.6 Å². The fourth-order valence-electron chi connectivity index (χ4n) is 2.08. The summed E-state index contributed by atoms with van der Waals surface area (Å²) in [5, 5.41) is 5.95. The Kier molecular flexibility index (Phi) is 4.55. The Labute approximate surface area is 111 Å². The van der Waals surface area contributed by atoms with Crippen LogP contribution >= 0.6 is 11.6 Å². The van der Waals surface area contributed by atoms with Gasteiger partial charge in [-0.2, -0.15) is 0 Å². The average molecular weight is 271 g/mol. The van der Waals surface area contributed by atoms with E-state index in [9.17, 15) is 9.18 Å². The van der Waals surface area contributed by atoms with E-state index >= 15 is 0 Å². The zero-order chi connectivity index (χ0) is 13.0. The topological polar surface area (TPSA) is 41.1 Å². The molecule has 1 aromatic carbocycles. The van der Waals surface area contributed by atoms with Gasteiger partial charge in [0, 0.05) is 0 Å². The van der Waals surface area contributed by atoms with Crippen molar-refractivity contribution in [3.63, 3.8) is 0 Å². The second kappa shape index (κ2) is 6.16.